The van der Waals surface area contributed by atoms with Crippen molar-refractivity contribution in [3.63, 3.8) is 0 Å². The highest BCUT2D eigenvalue weighted by Gasteiger charge is 2.23. The van der Waals surface area contributed by atoms with E-state index in [2.05, 4.69) is 44.7 Å². The second-order valence-electron chi connectivity index (χ2n) is 5.52. The van der Waals surface area contributed by atoms with Crippen LogP contribution in [0.15, 0.2) is 22.7 Å². The average molecular weight is 357 g/mol. The lowest BCUT2D eigenvalue weighted by molar-refractivity contribution is -0.384. The van der Waals surface area contributed by atoms with E-state index in [1.807, 2.05) is 12.1 Å². The van der Waals surface area contributed by atoms with Gasteiger partial charge in [0.25, 0.3) is 5.69 Å². The molecule has 6 nitrogen and oxygen atoms in total. The lowest BCUT2D eigenvalue weighted by Gasteiger charge is -2.36. The first-order valence-corrected chi connectivity index (χ1v) is 7.82. The first-order chi connectivity index (χ1) is 9.97. The van der Waals surface area contributed by atoms with E-state index in [4.69, 9.17) is 0 Å². The summed E-state index contributed by atoms with van der Waals surface area (Å²) in [5, 5.41) is 11.2. The van der Waals surface area contributed by atoms with Crippen LogP contribution in [0.3, 0.4) is 0 Å². The molecule has 0 N–H and O–H groups in total. The van der Waals surface area contributed by atoms with Crippen LogP contribution in [-0.4, -0.2) is 68.1 Å². The average Bonchev–Trinajstić information content (AvgIpc) is 2.45. The van der Waals surface area contributed by atoms with Crippen LogP contribution in [0.2, 0.25) is 0 Å². The topological polar surface area (TPSA) is 52.9 Å². The molecule has 1 saturated heterocycles. The quantitative estimate of drug-likeness (QED) is 0.596. The van der Waals surface area contributed by atoms with Gasteiger partial charge in [-0.05, 0) is 26.2 Å². The number of nitrogens with zero attached hydrogens (tertiary/aromatic N) is 4. The maximum absolute atomic E-state index is 11.2. The summed E-state index contributed by atoms with van der Waals surface area (Å²) in [7, 11) is 4.14. The molecule has 0 unspecified atom stereocenters. The van der Waals surface area contributed by atoms with Crippen LogP contribution in [0, 0.1) is 10.1 Å². The molecule has 0 spiro atoms. The molecule has 2 rings (SSSR count). The number of piperazine rings is 1. The third-order valence-corrected chi connectivity index (χ3v) is 4.20. The fraction of sp³-hybridized carbons (Fsp3) is 0.571. The molecule has 0 aliphatic carbocycles. The summed E-state index contributed by atoms with van der Waals surface area (Å²) in [6, 6.07) is 5.27. The summed E-state index contributed by atoms with van der Waals surface area (Å²) in [4.78, 5) is 17.6. The van der Waals surface area contributed by atoms with E-state index < -0.39 is 0 Å². The zero-order chi connectivity index (χ0) is 15.4. The number of hydrogen-bond donors (Lipinski definition) is 0. The molecule has 1 aromatic carbocycles. The van der Waals surface area contributed by atoms with Gasteiger partial charge < -0.3 is 9.80 Å². The van der Waals surface area contributed by atoms with Crippen LogP contribution in [0.4, 0.5) is 11.4 Å². The second kappa shape index (κ2) is 7.20. The van der Waals surface area contributed by atoms with E-state index >= 15 is 0 Å². The molecule has 1 heterocycles. The van der Waals surface area contributed by atoms with Crippen molar-refractivity contribution in [2.45, 2.75) is 0 Å². The predicted molar refractivity (Wildman–Crippen MR) is 88.0 cm³/mol. The molecule has 1 aromatic rings. The summed E-state index contributed by atoms with van der Waals surface area (Å²) in [5.41, 5.74) is 0.890. The third kappa shape index (κ3) is 4.39. The second-order valence-corrected chi connectivity index (χ2v) is 6.44. The molecule has 1 aliphatic rings. The molecule has 0 aromatic heterocycles. The van der Waals surface area contributed by atoms with Crippen molar-refractivity contribution < 1.29 is 4.92 Å². The summed E-state index contributed by atoms with van der Waals surface area (Å²) in [6.07, 6.45) is 0. The number of halogens is 1. The first kappa shape index (κ1) is 16.2. The molecule has 0 bridgehead atoms. The lowest BCUT2D eigenvalue weighted by Crippen LogP contribution is -2.48. The molecule has 116 valence electrons. The van der Waals surface area contributed by atoms with Gasteiger partial charge in [-0.2, -0.15) is 0 Å². The zero-order valence-corrected chi connectivity index (χ0v) is 14.0. The smallest absolute Gasteiger partial charge is 0.293 e. The van der Waals surface area contributed by atoms with Gasteiger partial charge in [-0.15, -0.1) is 0 Å². The molecular weight excluding hydrogens is 336 g/mol. The van der Waals surface area contributed by atoms with E-state index in [1.165, 1.54) is 0 Å². The van der Waals surface area contributed by atoms with Gasteiger partial charge in [0.2, 0.25) is 0 Å². The van der Waals surface area contributed by atoms with Gasteiger partial charge in [0.1, 0.15) is 5.69 Å². The van der Waals surface area contributed by atoms with Crippen molar-refractivity contribution >= 4 is 27.3 Å². The van der Waals surface area contributed by atoms with Crippen molar-refractivity contribution in [2.75, 3.05) is 58.3 Å². The fourth-order valence-corrected chi connectivity index (χ4v) is 2.81. The normalized spacial score (nSPS) is 16.5. The number of likely N-dealkylation sites (N-methyl/N-ethyl adjacent to an activating group) is 1. The third-order valence-electron chi connectivity index (χ3n) is 3.71. The van der Waals surface area contributed by atoms with E-state index in [1.54, 1.807) is 6.07 Å². The van der Waals surface area contributed by atoms with Gasteiger partial charge in [0, 0.05) is 49.8 Å². The SMILES string of the molecule is CN(C)CCN1CCN(c2ccc(Br)cc2[N+](=O)[O-])CC1. The Hall–Kier alpha value is -1.18. The summed E-state index contributed by atoms with van der Waals surface area (Å²) >= 11 is 3.30. The molecule has 1 aliphatic heterocycles. The van der Waals surface area contributed by atoms with Crippen LogP contribution in [-0.2, 0) is 0 Å². The number of anilines is 1. The van der Waals surface area contributed by atoms with Crippen molar-refractivity contribution in [3.05, 3.63) is 32.8 Å². The van der Waals surface area contributed by atoms with Gasteiger partial charge >= 0.3 is 0 Å². The van der Waals surface area contributed by atoms with Crippen LogP contribution >= 0.6 is 15.9 Å². The van der Waals surface area contributed by atoms with Gasteiger partial charge in [-0.1, -0.05) is 15.9 Å². The Kier molecular flexibility index (Phi) is 5.55. The van der Waals surface area contributed by atoms with Crippen LogP contribution in [0.1, 0.15) is 0 Å². The van der Waals surface area contributed by atoms with Gasteiger partial charge in [-0.25, -0.2) is 0 Å². The van der Waals surface area contributed by atoms with E-state index in [0.717, 1.165) is 49.4 Å². The van der Waals surface area contributed by atoms with E-state index in [9.17, 15) is 10.1 Å². The Morgan fingerprint density at radius 2 is 1.95 bits per heavy atom. The molecular formula is C14H21BrN4O2. The molecule has 0 radical (unpaired) electrons. The van der Waals surface area contributed by atoms with Crippen molar-refractivity contribution in [3.8, 4) is 0 Å². The van der Waals surface area contributed by atoms with E-state index in [0.29, 0.717) is 0 Å². The minimum atomic E-state index is -0.307. The summed E-state index contributed by atoms with van der Waals surface area (Å²) in [6.45, 7) is 5.63. The molecule has 0 saturated carbocycles. The van der Waals surface area contributed by atoms with Crippen molar-refractivity contribution in [1.82, 2.24) is 9.80 Å². The molecule has 1 fully saturated rings. The molecule has 0 atom stereocenters. The Morgan fingerprint density at radius 3 is 2.52 bits per heavy atom. The van der Waals surface area contributed by atoms with Crippen LogP contribution < -0.4 is 4.90 Å². The van der Waals surface area contributed by atoms with Crippen LogP contribution in [0.25, 0.3) is 0 Å². The van der Waals surface area contributed by atoms with Gasteiger partial charge in [-0.3, -0.25) is 15.0 Å². The minimum Gasteiger partial charge on any atom is -0.363 e. The molecule has 21 heavy (non-hydrogen) atoms. The maximum atomic E-state index is 11.2. The number of nitro benzene ring substituents is 1. The Balaban J connectivity index is 2.01. The Labute approximate surface area is 133 Å². The predicted octanol–water partition coefficient (Wildman–Crippen LogP) is 2.04. The van der Waals surface area contributed by atoms with Gasteiger partial charge in [0.05, 0.1) is 4.92 Å². The number of nitro groups is 1. The number of rotatable bonds is 5. The highest BCUT2D eigenvalue weighted by Crippen LogP contribution is 2.31. The maximum Gasteiger partial charge on any atom is 0.293 e. The zero-order valence-electron chi connectivity index (χ0n) is 12.5. The number of benzene rings is 1. The Morgan fingerprint density at radius 1 is 1.29 bits per heavy atom. The monoisotopic (exact) mass is 356 g/mol. The highest BCUT2D eigenvalue weighted by atomic mass is 79.9. The largest absolute Gasteiger partial charge is 0.363 e. The highest BCUT2D eigenvalue weighted by molar-refractivity contribution is 9.10. The Bertz CT molecular complexity index is 502. The number of hydrogen-bond acceptors (Lipinski definition) is 5. The summed E-state index contributed by atoms with van der Waals surface area (Å²) < 4.78 is 0.738. The fourth-order valence-electron chi connectivity index (χ4n) is 2.46. The van der Waals surface area contributed by atoms with Crippen molar-refractivity contribution in [2.24, 2.45) is 0 Å². The summed E-state index contributed by atoms with van der Waals surface area (Å²) in [5.74, 6) is 0. The van der Waals surface area contributed by atoms with E-state index in [-0.39, 0.29) is 10.6 Å². The van der Waals surface area contributed by atoms with Gasteiger partial charge in [0.15, 0.2) is 0 Å². The van der Waals surface area contributed by atoms with Crippen LogP contribution in [0.5, 0.6) is 0 Å². The minimum absolute atomic E-state index is 0.172. The first-order valence-electron chi connectivity index (χ1n) is 7.03. The lowest BCUT2D eigenvalue weighted by atomic mass is 10.2. The standard InChI is InChI=1S/C14H21BrN4O2/c1-16(2)5-6-17-7-9-18(10-8-17)13-4-3-12(15)11-14(13)19(20)21/h3-4,11H,5-10H2,1-2H3. The molecule has 7 heteroatoms. The van der Waals surface area contributed by atoms with Crippen molar-refractivity contribution in [1.29, 1.82) is 0 Å². The molecule has 0 amide bonds.